The van der Waals surface area contributed by atoms with Crippen molar-refractivity contribution < 1.29 is 9.90 Å². The molecule has 1 aromatic carbocycles. The molecule has 0 atom stereocenters. The first-order valence-electron chi connectivity index (χ1n) is 4.50. The summed E-state index contributed by atoms with van der Waals surface area (Å²) < 4.78 is 0. The molecule has 3 heteroatoms. The van der Waals surface area contributed by atoms with Crippen molar-refractivity contribution in [3.05, 3.63) is 48.3 Å². The highest BCUT2D eigenvalue weighted by Crippen LogP contribution is 2.24. The molecule has 0 aliphatic heterocycles. The van der Waals surface area contributed by atoms with E-state index in [-0.39, 0.29) is 5.75 Å². The Hall–Kier alpha value is -2.16. The lowest BCUT2D eigenvalue weighted by Crippen LogP contribution is -1.83. The Labute approximate surface area is 87.0 Å². The van der Waals surface area contributed by atoms with Gasteiger partial charge in [0.2, 0.25) is 0 Å². The Bertz CT molecular complexity index is 480. The third kappa shape index (κ3) is 1.86. The van der Waals surface area contributed by atoms with Gasteiger partial charge in [0.1, 0.15) is 5.75 Å². The molecule has 0 aliphatic rings. The summed E-state index contributed by atoms with van der Waals surface area (Å²) in [6.07, 6.45) is 3.99. The number of carbonyl (C=O) groups excluding carboxylic acids is 1. The van der Waals surface area contributed by atoms with Crippen molar-refractivity contribution in [3.8, 4) is 16.9 Å². The Balaban J connectivity index is 2.47. The van der Waals surface area contributed by atoms with Gasteiger partial charge in [-0.05, 0) is 35.4 Å². The van der Waals surface area contributed by atoms with Gasteiger partial charge in [-0.1, -0.05) is 6.07 Å². The van der Waals surface area contributed by atoms with Crippen LogP contribution >= 0.6 is 0 Å². The van der Waals surface area contributed by atoms with Crippen LogP contribution in [0.1, 0.15) is 10.4 Å². The molecule has 0 aliphatic carbocycles. The number of hydrogen-bond acceptors (Lipinski definition) is 3. The lowest BCUT2D eigenvalue weighted by molar-refractivity contribution is 0.112. The fourth-order valence-corrected chi connectivity index (χ4v) is 1.37. The summed E-state index contributed by atoms with van der Waals surface area (Å²) in [5.41, 5.74) is 2.12. The van der Waals surface area contributed by atoms with Gasteiger partial charge < -0.3 is 5.11 Å². The monoisotopic (exact) mass is 199 g/mol. The van der Waals surface area contributed by atoms with Crippen molar-refractivity contribution in [2.45, 2.75) is 0 Å². The van der Waals surface area contributed by atoms with Crippen LogP contribution in [-0.2, 0) is 0 Å². The second-order valence-electron chi connectivity index (χ2n) is 3.13. The largest absolute Gasteiger partial charge is 0.507 e. The van der Waals surface area contributed by atoms with Crippen LogP contribution in [0.3, 0.4) is 0 Å². The fourth-order valence-electron chi connectivity index (χ4n) is 1.37. The number of pyridine rings is 1. The average Bonchev–Trinajstić information content (AvgIpc) is 2.30. The first-order chi connectivity index (χ1) is 7.31. The molecule has 1 aromatic heterocycles. The average molecular weight is 199 g/mol. The van der Waals surface area contributed by atoms with E-state index in [4.69, 9.17) is 0 Å². The summed E-state index contributed by atoms with van der Waals surface area (Å²) in [6, 6.07) is 8.64. The van der Waals surface area contributed by atoms with Crippen molar-refractivity contribution in [2.24, 2.45) is 0 Å². The van der Waals surface area contributed by atoms with Crippen LogP contribution in [0.4, 0.5) is 0 Å². The molecular formula is C12H9NO2. The van der Waals surface area contributed by atoms with Crippen LogP contribution < -0.4 is 0 Å². The van der Waals surface area contributed by atoms with Crippen LogP contribution in [0.25, 0.3) is 11.1 Å². The normalized spacial score (nSPS) is 9.87. The van der Waals surface area contributed by atoms with Gasteiger partial charge >= 0.3 is 0 Å². The van der Waals surface area contributed by atoms with E-state index in [1.807, 2.05) is 12.1 Å². The summed E-state index contributed by atoms with van der Waals surface area (Å²) in [4.78, 5) is 14.4. The number of phenols is 1. The molecule has 0 amide bonds. The highest BCUT2D eigenvalue weighted by atomic mass is 16.3. The Morgan fingerprint density at radius 1 is 1.07 bits per heavy atom. The quantitative estimate of drug-likeness (QED) is 0.755. The van der Waals surface area contributed by atoms with Gasteiger partial charge in [-0.15, -0.1) is 0 Å². The number of aromatic hydroxyl groups is 1. The van der Waals surface area contributed by atoms with Crippen molar-refractivity contribution in [1.29, 1.82) is 0 Å². The number of nitrogens with zero attached hydrogens (tertiary/aromatic N) is 1. The minimum Gasteiger partial charge on any atom is -0.507 e. The molecule has 2 aromatic rings. The third-order valence-electron chi connectivity index (χ3n) is 2.17. The molecule has 0 saturated heterocycles. The zero-order valence-electron chi connectivity index (χ0n) is 7.92. The predicted molar refractivity (Wildman–Crippen MR) is 56.7 cm³/mol. The summed E-state index contributed by atoms with van der Waals surface area (Å²) in [5.74, 6) is -0.000637. The lowest BCUT2D eigenvalue weighted by Gasteiger charge is -2.03. The number of aromatic nitrogens is 1. The molecular weight excluding hydrogens is 190 g/mol. The van der Waals surface area contributed by atoms with E-state index in [2.05, 4.69) is 4.98 Å². The van der Waals surface area contributed by atoms with E-state index in [0.717, 1.165) is 11.1 Å². The van der Waals surface area contributed by atoms with E-state index < -0.39 is 0 Å². The van der Waals surface area contributed by atoms with Gasteiger partial charge in [0, 0.05) is 12.4 Å². The topological polar surface area (TPSA) is 50.2 Å². The maximum Gasteiger partial charge on any atom is 0.153 e. The van der Waals surface area contributed by atoms with Crippen LogP contribution in [-0.4, -0.2) is 16.4 Å². The van der Waals surface area contributed by atoms with E-state index in [0.29, 0.717) is 11.8 Å². The molecule has 0 fully saturated rings. The predicted octanol–water partition coefficient (Wildman–Crippen LogP) is 2.27. The van der Waals surface area contributed by atoms with Gasteiger partial charge in [0.15, 0.2) is 6.29 Å². The van der Waals surface area contributed by atoms with Crippen molar-refractivity contribution >= 4 is 6.29 Å². The smallest absolute Gasteiger partial charge is 0.153 e. The number of aldehydes is 1. The van der Waals surface area contributed by atoms with Crippen LogP contribution in [0.5, 0.6) is 5.75 Å². The minimum absolute atomic E-state index is 0.000637. The second kappa shape index (κ2) is 3.92. The van der Waals surface area contributed by atoms with Gasteiger partial charge in [-0.2, -0.15) is 0 Å². The first-order valence-corrected chi connectivity index (χ1v) is 4.50. The minimum atomic E-state index is -0.000637. The standard InChI is InChI=1S/C12H9NO2/c14-8-11-2-1-10(7-12(11)15)9-3-5-13-6-4-9/h1-8,15H. The van der Waals surface area contributed by atoms with Crippen molar-refractivity contribution in [3.63, 3.8) is 0 Å². The molecule has 0 unspecified atom stereocenters. The molecule has 2 rings (SSSR count). The second-order valence-corrected chi connectivity index (χ2v) is 3.13. The van der Waals surface area contributed by atoms with E-state index in [9.17, 15) is 9.90 Å². The molecule has 0 saturated carbocycles. The van der Waals surface area contributed by atoms with Gasteiger partial charge in [0.05, 0.1) is 5.56 Å². The number of carbonyl (C=O) groups is 1. The van der Waals surface area contributed by atoms with E-state index in [1.165, 1.54) is 0 Å². The molecule has 1 heterocycles. The zero-order chi connectivity index (χ0) is 10.7. The molecule has 0 radical (unpaired) electrons. The molecule has 1 N–H and O–H groups in total. The lowest BCUT2D eigenvalue weighted by atomic mass is 10.0. The summed E-state index contributed by atoms with van der Waals surface area (Å²) >= 11 is 0. The molecule has 3 nitrogen and oxygen atoms in total. The molecule has 0 spiro atoms. The van der Waals surface area contributed by atoms with Gasteiger partial charge in [-0.3, -0.25) is 9.78 Å². The number of hydrogen-bond donors (Lipinski definition) is 1. The van der Waals surface area contributed by atoms with E-state index in [1.54, 1.807) is 30.6 Å². The third-order valence-corrected chi connectivity index (χ3v) is 2.17. The summed E-state index contributed by atoms with van der Waals surface area (Å²) in [6.45, 7) is 0. The maximum atomic E-state index is 10.5. The Morgan fingerprint density at radius 3 is 2.40 bits per heavy atom. The Kier molecular flexibility index (Phi) is 2.46. The molecule has 74 valence electrons. The Morgan fingerprint density at radius 2 is 1.80 bits per heavy atom. The van der Waals surface area contributed by atoms with E-state index >= 15 is 0 Å². The summed E-state index contributed by atoms with van der Waals surface area (Å²) in [7, 11) is 0. The van der Waals surface area contributed by atoms with Gasteiger partial charge in [-0.25, -0.2) is 0 Å². The highest BCUT2D eigenvalue weighted by molar-refractivity contribution is 5.81. The maximum absolute atomic E-state index is 10.5. The van der Waals surface area contributed by atoms with Crippen LogP contribution in [0.2, 0.25) is 0 Å². The number of rotatable bonds is 2. The summed E-state index contributed by atoms with van der Waals surface area (Å²) in [5, 5.41) is 9.51. The molecule has 15 heavy (non-hydrogen) atoms. The molecule has 0 bridgehead atoms. The number of benzene rings is 1. The fraction of sp³-hybridized carbons (Fsp3) is 0. The SMILES string of the molecule is O=Cc1ccc(-c2ccncc2)cc1O. The highest BCUT2D eigenvalue weighted by Gasteiger charge is 2.02. The van der Waals surface area contributed by atoms with Crippen LogP contribution in [0, 0.1) is 0 Å². The first kappa shape index (κ1) is 9.40. The van der Waals surface area contributed by atoms with Gasteiger partial charge in [0.25, 0.3) is 0 Å². The zero-order valence-corrected chi connectivity index (χ0v) is 7.92. The van der Waals surface area contributed by atoms with Crippen LogP contribution in [0.15, 0.2) is 42.7 Å². The van der Waals surface area contributed by atoms with Crippen molar-refractivity contribution in [1.82, 2.24) is 4.98 Å². The number of phenolic OH excluding ortho intramolecular Hbond substituents is 1. The van der Waals surface area contributed by atoms with Crippen molar-refractivity contribution in [2.75, 3.05) is 0 Å².